The summed E-state index contributed by atoms with van der Waals surface area (Å²) in [6.45, 7) is 10.2. The second-order valence-electron chi connectivity index (χ2n) is 10.2. The van der Waals surface area contributed by atoms with E-state index in [4.69, 9.17) is 5.10 Å². The standard InChI is InChI=1S/C29H36FN6O2P.ClH/c1-7-39(38,8-2)25-10-9-21(17-24(25)31-6)34-13-14-35(29(34)37)28-26-20(5)32-12-11-23(26)33-36(28)22-15-18(3)27(30)19(4)16-22;/h9-10,13-17,20,31-32H,7-8,11-12H2,1-6H3;1H/t20-;/m0./s1. The predicted molar refractivity (Wildman–Crippen MR) is 163 cm³/mol. The summed E-state index contributed by atoms with van der Waals surface area (Å²) in [5.74, 6) is 0.404. The lowest BCUT2D eigenvalue weighted by Crippen LogP contribution is -2.30. The van der Waals surface area contributed by atoms with Crippen LogP contribution in [0.25, 0.3) is 17.2 Å². The first-order chi connectivity index (χ1) is 18.6. The van der Waals surface area contributed by atoms with Crippen molar-refractivity contribution in [1.29, 1.82) is 0 Å². The zero-order valence-electron chi connectivity index (χ0n) is 23.8. The highest BCUT2D eigenvalue weighted by Crippen LogP contribution is 2.45. The lowest BCUT2D eigenvalue weighted by atomic mass is 10.0. The third kappa shape index (κ3) is 4.84. The van der Waals surface area contributed by atoms with Gasteiger partial charge in [0.15, 0.2) is 0 Å². The van der Waals surface area contributed by atoms with Gasteiger partial charge in [0.2, 0.25) is 0 Å². The Balaban J connectivity index is 0.00000370. The number of aryl methyl sites for hydroxylation is 2. The Bertz CT molecular complexity index is 1640. The predicted octanol–water partition coefficient (Wildman–Crippen LogP) is 5.27. The van der Waals surface area contributed by atoms with E-state index in [1.54, 1.807) is 59.2 Å². The van der Waals surface area contributed by atoms with Gasteiger partial charge in [-0.15, -0.1) is 12.4 Å². The second-order valence-corrected chi connectivity index (χ2v) is 13.7. The van der Waals surface area contributed by atoms with Gasteiger partial charge in [-0.25, -0.2) is 13.9 Å². The highest BCUT2D eigenvalue weighted by Gasteiger charge is 2.29. The van der Waals surface area contributed by atoms with E-state index in [-0.39, 0.29) is 30.0 Å². The smallest absolute Gasteiger partial charge is 0.338 e. The molecule has 2 aromatic heterocycles. The Morgan fingerprint density at radius 1 is 1.07 bits per heavy atom. The molecule has 0 bridgehead atoms. The van der Waals surface area contributed by atoms with Gasteiger partial charge in [-0.1, -0.05) is 13.8 Å². The molecule has 2 N–H and O–H groups in total. The van der Waals surface area contributed by atoms with Gasteiger partial charge in [0, 0.05) is 67.3 Å². The molecule has 0 spiro atoms. The average molecular weight is 587 g/mol. The summed E-state index contributed by atoms with van der Waals surface area (Å²) in [5, 5.41) is 12.4. The van der Waals surface area contributed by atoms with Gasteiger partial charge in [0.1, 0.15) is 18.8 Å². The van der Waals surface area contributed by atoms with Crippen LogP contribution in [0.2, 0.25) is 0 Å². The molecule has 11 heteroatoms. The molecule has 0 saturated heterocycles. The molecular formula is C29H37ClFN6O2P. The van der Waals surface area contributed by atoms with Crippen LogP contribution in [-0.4, -0.2) is 44.8 Å². The van der Waals surface area contributed by atoms with Gasteiger partial charge in [-0.05, 0) is 62.2 Å². The van der Waals surface area contributed by atoms with Crippen molar-refractivity contribution in [3.05, 3.63) is 81.4 Å². The third-order valence-corrected chi connectivity index (χ3v) is 11.2. The number of benzene rings is 2. The second kappa shape index (κ2) is 11.4. The van der Waals surface area contributed by atoms with Crippen LogP contribution in [0.15, 0.2) is 47.5 Å². The average Bonchev–Trinajstić information content (AvgIpc) is 3.51. The molecule has 0 amide bonds. The number of anilines is 1. The molecule has 3 heterocycles. The first-order valence-corrected chi connectivity index (χ1v) is 15.5. The lowest BCUT2D eigenvalue weighted by Gasteiger charge is -2.21. The minimum atomic E-state index is -2.52. The summed E-state index contributed by atoms with van der Waals surface area (Å²) in [5.41, 5.74) is 4.82. The molecule has 1 aliphatic rings. The third-order valence-electron chi connectivity index (χ3n) is 7.88. The van der Waals surface area contributed by atoms with Gasteiger partial charge in [0.05, 0.1) is 17.1 Å². The maximum atomic E-state index is 14.5. The number of aromatic nitrogens is 4. The fourth-order valence-corrected chi connectivity index (χ4v) is 7.68. The molecular weight excluding hydrogens is 550 g/mol. The Kier molecular flexibility index (Phi) is 8.50. The van der Waals surface area contributed by atoms with E-state index in [0.29, 0.717) is 40.6 Å². The molecule has 0 saturated carbocycles. The molecule has 40 heavy (non-hydrogen) atoms. The Morgan fingerprint density at radius 2 is 1.73 bits per heavy atom. The number of imidazole rings is 1. The summed E-state index contributed by atoms with van der Waals surface area (Å²) in [4.78, 5) is 14.0. The van der Waals surface area contributed by atoms with Gasteiger partial charge in [-0.2, -0.15) is 5.10 Å². The number of halogens is 2. The van der Waals surface area contributed by atoms with Crippen LogP contribution >= 0.6 is 19.5 Å². The van der Waals surface area contributed by atoms with E-state index in [9.17, 15) is 13.8 Å². The molecule has 8 nitrogen and oxygen atoms in total. The highest BCUT2D eigenvalue weighted by atomic mass is 35.5. The fraction of sp³-hybridized carbons (Fsp3) is 0.379. The van der Waals surface area contributed by atoms with Crippen LogP contribution in [0.5, 0.6) is 0 Å². The van der Waals surface area contributed by atoms with E-state index >= 15 is 0 Å². The summed E-state index contributed by atoms with van der Waals surface area (Å²) in [6.07, 6.45) is 5.38. The van der Waals surface area contributed by atoms with Crippen molar-refractivity contribution in [2.75, 3.05) is 31.2 Å². The van der Waals surface area contributed by atoms with Crippen LogP contribution in [-0.2, 0) is 11.0 Å². The molecule has 4 aromatic rings. The number of hydrogen-bond acceptors (Lipinski definition) is 5. The molecule has 0 fully saturated rings. The molecule has 0 unspecified atom stereocenters. The van der Waals surface area contributed by atoms with Gasteiger partial charge in [0.25, 0.3) is 0 Å². The largest absolute Gasteiger partial charge is 0.387 e. The molecule has 1 atom stereocenters. The van der Waals surface area contributed by atoms with Gasteiger partial charge in [-0.3, -0.25) is 9.13 Å². The summed E-state index contributed by atoms with van der Waals surface area (Å²) < 4.78 is 32.9. The van der Waals surface area contributed by atoms with E-state index in [1.165, 1.54) is 0 Å². The van der Waals surface area contributed by atoms with Gasteiger partial charge >= 0.3 is 5.69 Å². The SMILES string of the molecule is CCP(=O)(CC)c1ccc(-n2ccn(-c3c4c(nn3-c3cc(C)c(F)c(C)c3)CCN[C@H]4C)c2=O)cc1NC.Cl. The van der Waals surface area contributed by atoms with E-state index in [0.717, 1.165) is 35.2 Å². The molecule has 0 radical (unpaired) electrons. The monoisotopic (exact) mass is 586 g/mol. The molecule has 2 aromatic carbocycles. The number of nitrogens with one attached hydrogen (secondary N) is 2. The van der Waals surface area contributed by atoms with Crippen LogP contribution in [0, 0.1) is 19.7 Å². The van der Waals surface area contributed by atoms with E-state index < -0.39 is 7.14 Å². The zero-order chi connectivity index (χ0) is 28.1. The van der Waals surface area contributed by atoms with E-state index in [1.807, 2.05) is 32.0 Å². The summed E-state index contributed by atoms with van der Waals surface area (Å²) in [7, 11) is -0.715. The summed E-state index contributed by atoms with van der Waals surface area (Å²) >= 11 is 0. The van der Waals surface area contributed by atoms with Crippen molar-refractivity contribution in [3.63, 3.8) is 0 Å². The first-order valence-electron chi connectivity index (χ1n) is 13.5. The minimum absolute atomic E-state index is 0. The molecule has 214 valence electrons. The highest BCUT2D eigenvalue weighted by molar-refractivity contribution is 7.71. The Labute approximate surface area is 240 Å². The molecule has 1 aliphatic heterocycles. The van der Waals surface area contributed by atoms with Crippen LogP contribution in [0.3, 0.4) is 0 Å². The van der Waals surface area contributed by atoms with Crippen molar-refractivity contribution in [3.8, 4) is 17.2 Å². The number of nitrogens with zero attached hydrogens (tertiary/aromatic N) is 4. The number of hydrogen-bond donors (Lipinski definition) is 2. The summed E-state index contributed by atoms with van der Waals surface area (Å²) in [6, 6.07) is 9.12. The van der Waals surface area contributed by atoms with Crippen LogP contribution < -0.4 is 21.6 Å². The Hall–Kier alpha value is -3.13. The van der Waals surface area contributed by atoms with Crippen molar-refractivity contribution < 1.29 is 8.96 Å². The van der Waals surface area contributed by atoms with Crippen LogP contribution in [0.1, 0.15) is 49.2 Å². The van der Waals surface area contributed by atoms with E-state index in [2.05, 4.69) is 17.6 Å². The van der Waals surface area contributed by atoms with Crippen molar-refractivity contribution >= 4 is 30.5 Å². The van der Waals surface area contributed by atoms with Crippen molar-refractivity contribution in [2.45, 2.75) is 47.1 Å². The van der Waals surface area contributed by atoms with Crippen molar-refractivity contribution in [2.24, 2.45) is 0 Å². The number of rotatable bonds is 7. The number of fused-ring (bicyclic) bond motifs is 1. The lowest BCUT2D eigenvalue weighted by molar-refractivity contribution is 0.536. The maximum Gasteiger partial charge on any atom is 0.338 e. The fourth-order valence-electron chi connectivity index (χ4n) is 5.59. The topological polar surface area (TPSA) is 85.9 Å². The zero-order valence-corrected chi connectivity index (χ0v) is 25.5. The normalized spacial score (nSPS) is 15.0. The van der Waals surface area contributed by atoms with Gasteiger partial charge < -0.3 is 15.2 Å². The van der Waals surface area contributed by atoms with Crippen molar-refractivity contribution in [1.82, 2.24) is 24.2 Å². The maximum absolute atomic E-state index is 14.5. The first kappa shape index (κ1) is 29.8. The quantitative estimate of drug-likeness (QED) is 0.288. The Morgan fingerprint density at radius 3 is 2.35 bits per heavy atom. The van der Waals surface area contributed by atoms with Crippen LogP contribution in [0.4, 0.5) is 10.1 Å². The molecule has 0 aliphatic carbocycles. The molecule has 5 rings (SSSR count). The minimum Gasteiger partial charge on any atom is -0.387 e.